The maximum absolute atomic E-state index is 12.2. The molecule has 1 aliphatic heterocycles. The zero-order chi connectivity index (χ0) is 14.4. The first-order valence-corrected chi connectivity index (χ1v) is 7.74. The van der Waals surface area contributed by atoms with Gasteiger partial charge in [0.1, 0.15) is 0 Å². The SMILES string of the molecule is Cc1ccc(CNC(=O)C(C)N2CCCCCC2)cc1. The van der Waals surface area contributed by atoms with Crippen LogP contribution in [0.15, 0.2) is 24.3 Å². The lowest BCUT2D eigenvalue weighted by atomic mass is 10.1. The van der Waals surface area contributed by atoms with Gasteiger partial charge in [-0.1, -0.05) is 42.7 Å². The van der Waals surface area contributed by atoms with Crippen LogP contribution in [-0.2, 0) is 11.3 Å². The van der Waals surface area contributed by atoms with Gasteiger partial charge in [0.25, 0.3) is 0 Å². The van der Waals surface area contributed by atoms with Crippen molar-refractivity contribution in [2.75, 3.05) is 13.1 Å². The number of aryl methyl sites for hydroxylation is 1. The Kier molecular flexibility index (Phi) is 5.60. The third kappa shape index (κ3) is 4.34. The molecule has 1 atom stereocenters. The molecule has 1 aromatic rings. The first-order chi connectivity index (χ1) is 9.66. The van der Waals surface area contributed by atoms with Gasteiger partial charge < -0.3 is 5.32 Å². The molecule has 0 aromatic heterocycles. The summed E-state index contributed by atoms with van der Waals surface area (Å²) in [6, 6.07) is 8.30. The molecule has 0 bridgehead atoms. The van der Waals surface area contributed by atoms with E-state index in [1.165, 1.54) is 31.2 Å². The molecule has 1 fully saturated rings. The number of nitrogens with one attached hydrogen (secondary N) is 1. The Bertz CT molecular complexity index is 419. The summed E-state index contributed by atoms with van der Waals surface area (Å²) >= 11 is 0. The number of amides is 1. The van der Waals surface area contributed by atoms with Crippen molar-refractivity contribution in [1.82, 2.24) is 10.2 Å². The van der Waals surface area contributed by atoms with E-state index in [0.29, 0.717) is 6.54 Å². The van der Waals surface area contributed by atoms with Crippen molar-refractivity contribution in [3.63, 3.8) is 0 Å². The van der Waals surface area contributed by atoms with Crippen molar-refractivity contribution in [3.8, 4) is 0 Å². The Balaban J connectivity index is 1.82. The van der Waals surface area contributed by atoms with E-state index in [9.17, 15) is 4.79 Å². The van der Waals surface area contributed by atoms with E-state index >= 15 is 0 Å². The normalized spacial score (nSPS) is 18.3. The second-order valence-corrected chi connectivity index (χ2v) is 5.83. The van der Waals surface area contributed by atoms with Crippen molar-refractivity contribution in [2.45, 2.75) is 52.1 Å². The molecule has 1 heterocycles. The molecule has 1 saturated heterocycles. The molecule has 0 saturated carbocycles. The second kappa shape index (κ2) is 7.44. The van der Waals surface area contributed by atoms with Crippen molar-refractivity contribution < 1.29 is 4.79 Å². The lowest BCUT2D eigenvalue weighted by Crippen LogP contribution is -2.45. The van der Waals surface area contributed by atoms with Crippen molar-refractivity contribution in [1.29, 1.82) is 0 Å². The highest BCUT2D eigenvalue weighted by Gasteiger charge is 2.21. The second-order valence-electron chi connectivity index (χ2n) is 5.83. The molecule has 0 radical (unpaired) electrons. The first kappa shape index (κ1) is 15.0. The summed E-state index contributed by atoms with van der Waals surface area (Å²) in [6.07, 6.45) is 5.04. The zero-order valence-electron chi connectivity index (χ0n) is 12.7. The number of carbonyl (C=O) groups excluding carboxylic acids is 1. The maximum Gasteiger partial charge on any atom is 0.237 e. The van der Waals surface area contributed by atoms with Gasteiger partial charge in [0.2, 0.25) is 5.91 Å². The fourth-order valence-electron chi connectivity index (χ4n) is 2.69. The molecule has 1 amide bonds. The minimum absolute atomic E-state index is 0.0152. The van der Waals surface area contributed by atoms with Crippen LogP contribution in [0.25, 0.3) is 0 Å². The van der Waals surface area contributed by atoms with E-state index in [0.717, 1.165) is 18.7 Å². The molecular formula is C17H26N2O. The number of nitrogens with zero attached hydrogens (tertiary/aromatic N) is 1. The summed E-state index contributed by atoms with van der Waals surface area (Å²) in [7, 11) is 0. The van der Waals surface area contributed by atoms with Crippen LogP contribution in [0.5, 0.6) is 0 Å². The van der Waals surface area contributed by atoms with Gasteiger partial charge in [0.15, 0.2) is 0 Å². The number of likely N-dealkylation sites (tertiary alicyclic amines) is 1. The molecule has 1 N–H and O–H groups in total. The van der Waals surface area contributed by atoms with E-state index in [-0.39, 0.29) is 11.9 Å². The summed E-state index contributed by atoms with van der Waals surface area (Å²) in [6.45, 7) is 6.83. The largest absolute Gasteiger partial charge is 0.351 e. The third-order valence-electron chi connectivity index (χ3n) is 4.16. The van der Waals surface area contributed by atoms with Gasteiger partial charge in [-0.05, 0) is 45.3 Å². The topological polar surface area (TPSA) is 32.3 Å². The minimum Gasteiger partial charge on any atom is -0.351 e. The molecular weight excluding hydrogens is 248 g/mol. The number of hydrogen-bond acceptors (Lipinski definition) is 2. The highest BCUT2D eigenvalue weighted by Crippen LogP contribution is 2.12. The smallest absolute Gasteiger partial charge is 0.237 e. The van der Waals surface area contributed by atoms with E-state index in [4.69, 9.17) is 0 Å². The van der Waals surface area contributed by atoms with Crippen LogP contribution in [0.3, 0.4) is 0 Å². The van der Waals surface area contributed by atoms with Crippen molar-refractivity contribution in [3.05, 3.63) is 35.4 Å². The van der Waals surface area contributed by atoms with Gasteiger partial charge in [0, 0.05) is 6.54 Å². The Morgan fingerprint density at radius 2 is 1.75 bits per heavy atom. The summed E-state index contributed by atoms with van der Waals surface area (Å²) in [5, 5.41) is 3.06. The van der Waals surface area contributed by atoms with Gasteiger partial charge in [-0.3, -0.25) is 9.69 Å². The lowest BCUT2D eigenvalue weighted by Gasteiger charge is -2.26. The zero-order valence-corrected chi connectivity index (χ0v) is 12.7. The molecule has 110 valence electrons. The van der Waals surface area contributed by atoms with Crippen molar-refractivity contribution in [2.24, 2.45) is 0 Å². The molecule has 1 aromatic carbocycles. The predicted molar refractivity (Wildman–Crippen MR) is 82.5 cm³/mol. The number of benzene rings is 1. The van der Waals surface area contributed by atoms with Crippen LogP contribution in [0.1, 0.15) is 43.7 Å². The molecule has 1 unspecified atom stereocenters. The minimum atomic E-state index is -0.0152. The standard InChI is InChI=1S/C17H26N2O/c1-14-7-9-16(10-8-14)13-18-17(20)15(2)19-11-5-3-4-6-12-19/h7-10,15H,3-6,11-13H2,1-2H3,(H,18,20). The van der Waals surface area contributed by atoms with Crippen LogP contribution in [-0.4, -0.2) is 29.9 Å². The highest BCUT2D eigenvalue weighted by atomic mass is 16.2. The van der Waals surface area contributed by atoms with Crippen LogP contribution in [0.2, 0.25) is 0 Å². The van der Waals surface area contributed by atoms with Crippen molar-refractivity contribution >= 4 is 5.91 Å². The molecule has 0 spiro atoms. The lowest BCUT2D eigenvalue weighted by molar-refractivity contribution is -0.126. The molecule has 3 nitrogen and oxygen atoms in total. The fourth-order valence-corrected chi connectivity index (χ4v) is 2.69. The van der Waals surface area contributed by atoms with Gasteiger partial charge in [-0.15, -0.1) is 0 Å². The molecule has 20 heavy (non-hydrogen) atoms. The first-order valence-electron chi connectivity index (χ1n) is 7.74. The van der Waals surface area contributed by atoms with Gasteiger partial charge >= 0.3 is 0 Å². The Morgan fingerprint density at radius 1 is 1.15 bits per heavy atom. The van der Waals surface area contributed by atoms with Crippen LogP contribution in [0.4, 0.5) is 0 Å². The van der Waals surface area contributed by atoms with E-state index in [1.807, 2.05) is 6.92 Å². The van der Waals surface area contributed by atoms with Crippen LogP contribution < -0.4 is 5.32 Å². The van der Waals surface area contributed by atoms with E-state index in [1.54, 1.807) is 0 Å². The van der Waals surface area contributed by atoms with Crippen LogP contribution >= 0.6 is 0 Å². The highest BCUT2D eigenvalue weighted by molar-refractivity contribution is 5.81. The number of carbonyl (C=O) groups is 1. The summed E-state index contributed by atoms with van der Waals surface area (Å²) in [5.41, 5.74) is 2.41. The number of rotatable bonds is 4. The number of hydrogen-bond donors (Lipinski definition) is 1. The maximum atomic E-state index is 12.2. The average molecular weight is 274 g/mol. The Morgan fingerprint density at radius 3 is 2.35 bits per heavy atom. The van der Waals surface area contributed by atoms with Gasteiger partial charge in [-0.2, -0.15) is 0 Å². The van der Waals surface area contributed by atoms with Gasteiger partial charge in [-0.25, -0.2) is 0 Å². The average Bonchev–Trinajstić information content (AvgIpc) is 2.74. The molecule has 1 aliphatic rings. The van der Waals surface area contributed by atoms with E-state index in [2.05, 4.69) is 41.4 Å². The summed E-state index contributed by atoms with van der Waals surface area (Å²) in [4.78, 5) is 14.6. The van der Waals surface area contributed by atoms with Gasteiger partial charge in [0.05, 0.1) is 6.04 Å². The monoisotopic (exact) mass is 274 g/mol. The molecule has 2 rings (SSSR count). The Labute approximate surface area is 122 Å². The summed E-state index contributed by atoms with van der Waals surface area (Å²) < 4.78 is 0. The van der Waals surface area contributed by atoms with Crippen LogP contribution in [0, 0.1) is 6.92 Å². The predicted octanol–water partition coefficient (Wildman–Crippen LogP) is 2.88. The Hall–Kier alpha value is -1.35. The molecule has 3 heteroatoms. The summed E-state index contributed by atoms with van der Waals surface area (Å²) in [5.74, 6) is 0.146. The third-order valence-corrected chi connectivity index (χ3v) is 4.16. The molecule has 0 aliphatic carbocycles. The quantitative estimate of drug-likeness (QED) is 0.915. The van der Waals surface area contributed by atoms with E-state index < -0.39 is 0 Å². The fraction of sp³-hybridized carbons (Fsp3) is 0.588.